The largest absolute Gasteiger partial charge is 0.237 e. The summed E-state index contributed by atoms with van der Waals surface area (Å²) in [6.07, 6.45) is 3.92. The number of benzene rings is 1. The molecule has 24 heavy (non-hydrogen) atoms. The SMILES string of the molecule is CCCC.Cc1ncc2c(F)cc(-c3c(F)ccc(C)c3F)n2n1. The zero-order valence-corrected chi connectivity index (χ0v) is 14.2. The standard InChI is InChI=1S/C14H10F3N3.C4H10/c1-7-3-4-9(15)13(14(7)17)11-5-10(16)12-6-18-8(2)19-20(11)12;1-3-4-2/h3-6H,1-2H3;3-4H2,1-2H3. The lowest BCUT2D eigenvalue weighted by Crippen LogP contribution is -2.01. The van der Waals surface area contributed by atoms with Gasteiger partial charge in [0.1, 0.15) is 23.0 Å². The molecule has 1 aromatic carbocycles. The Labute approximate surface area is 139 Å². The number of nitrogens with zero attached hydrogens (tertiary/aromatic N) is 3. The van der Waals surface area contributed by atoms with E-state index in [4.69, 9.17) is 0 Å². The van der Waals surface area contributed by atoms with Crippen molar-refractivity contribution in [3.63, 3.8) is 0 Å². The van der Waals surface area contributed by atoms with Crippen LogP contribution in [0, 0.1) is 31.3 Å². The second-order valence-electron chi connectivity index (χ2n) is 5.53. The van der Waals surface area contributed by atoms with Gasteiger partial charge in [-0.1, -0.05) is 32.8 Å². The van der Waals surface area contributed by atoms with E-state index in [9.17, 15) is 13.2 Å². The van der Waals surface area contributed by atoms with E-state index in [0.717, 1.165) is 12.1 Å². The third kappa shape index (κ3) is 3.42. The van der Waals surface area contributed by atoms with Crippen LogP contribution in [0.15, 0.2) is 24.4 Å². The summed E-state index contributed by atoms with van der Waals surface area (Å²) in [5.41, 5.74) is 0.0946. The predicted molar refractivity (Wildman–Crippen MR) is 88.4 cm³/mol. The first-order valence-corrected chi connectivity index (χ1v) is 7.86. The number of aryl methyl sites for hydroxylation is 2. The lowest BCUT2D eigenvalue weighted by molar-refractivity contribution is 0.581. The molecule has 0 N–H and O–H groups in total. The molecule has 0 radical (unpaired) electrons. The summed E-state index contributed by atoms with van der Waals surface area (Å²) in [7, 11) is 0. The van der Waals surface area contributed by atoms with Gasteiger partial charge in [0.2, 0.25) is 0 Å². The van der Waals surface area contributed by atoms with E-state index >= 15 is 0 Å². The molecule has 128 valence electrons. The van der Waals surface area contributed by atoms with Crippen molar-refractivity contribution < 1.29 is 13.2 Å². The average Bonchev–Trinajstić information content (AvgIpc) is 2.88. The van der Waals surface area contributed by atoms with Crippen molar-refractivity contribution in [2.24, 2.45) is 0 Å². The van der Waals surface area contributed by atoms with Crippen molar-refractivity contribution in [1.29, 1.82) is 0 Å². The van der Waals surface area contributed by atoms with Crippen LogP contribution in [0.3, 0.4) is 0 Å². The van der Waals surface area contributed by atoms with Crippen molar-refractivity contribution >= 4 is 5.52 Å². The molecule has 0 bridgehead atoms. The van der Waals surface area contributed by atoms with Crippen molar-refractivity contribution in [2.45, 2.75) is 40.5 Å². The molecule has 3 aromatic rings. The van der Waals surface area contributed by atoms with Gasteiger partial charge in [0.25, 0.3) is 0 Å². The Hall–Kier alpha value is -2.37. The Morgan fingerprint density at radius 3 is 2.29 bits per heavy atom. The first kappa shape index (κ1) is 18.0. The maximum absolute atomic E-state index is 14.2. The topological polar surface area (TPSA) is 30.2 Å². The van der Waals surface area contributed by atoms with E-state index in [1.807, 2.05) is 0 Å². The molecule has 3 rings (SSSR count). The van der Waals surface area contributed by atoms with Crippen LogP contribution in [0.2, 0.25) is 0 Å². The number of hydrogen-bond acceptors (Lipinski definition) is 2. The monoisotopic (exact) mass is 335 g/mol. The van der Waals surface area contributed by atoms with Crippen LogP contribution in [-0.4, -0.2) is 14.6 Å². The molecular weight excluding hydrogens is 315 g/mol. The first-order chi connectivity index (χ1) is 11.4. The van der Waals surface area contributed by atoms with Crippen molar-refractivity contribution in [3.05, 3.63) is 53.2 Å². The predicted octanol–water partition coefficient (Wildman–Crippen LogP) is 5.24. The van der Waals surface area contributed by atoms with E-state index in [2.05, 4.69) is 23.9 Å². The molecule has 0 fully saturated rings. The van der Waals surface area contributed by atoms with Crippen molar-refractivity contribution in [3.8, 4) is 11.3 Å². The van der Waals surface area contributed by atoms with Gasteiger partial charge in [-0.3, -0.25) is 0 Å². The fraction of sp³-hybridized carbons (Fsp3) is 0.333. The molecule has 0 aliphatic rings. The minimum absolute atomic E-state index is 0.0294. The number of rotatable bonds is 2. The third-order valence-corrected chi connectivity index (χ3v) is 3.62. The van der Waals surface area contributed by atoms with E-state index in [1.165, 1.54) is 36.5 Å². The fourth-order valence-electron chi connectivity index (χ4n) is 2.10. The quantitative estimate of drug-likeness (QED) is 0.641. The number of halogens is 3. The van der Waals surface area contributed by atoms with Gasteiger partial charge in [0.15, 0.2) is 5.82 Å². The van der Waals surface area contributed by atoms with Gasteiger partial charge < -0.3 is 0 Å². The molecule has 0 unspecified atom stereocenters. The highest BCUT2D eigenvalue weighted by Crippen LogP contribution is 2.30. The van der Waals surface area contributed by atoms with Crippen LogP contribution in [0.1, 0.15) is 38.1 Å². The van der Waals surface area contributed by atoms with Crippen molar-refractivity contribution in [1.82, 2.24) is 14.6 Å². The molecule has 2 heterocycles. The van der Waals surface area contributed by atoms with Crippen LogP contribution in [0.5, 0.6) is 0 Å². The van der Waals surface area contributed by atoms with E-state index in [0.29, 0.717) is 5.82 Å². The van der Waals surface area contributed by atoms with Crippen LogP contribution in [-0.2, 0) is 0 Å². The van der Waals surface area contributed by atoms with Crippen LogP contribution >= 0.6 is 0 Å². The van der Waals surface area contributed by atoms with E-state index < -0.39 is 17.5 Å². The Morgan fingerprint density at radius 1 is 1.00 bits per heavy atom. The van der Waals surface area contributed by atoms with Gasteiger partial charge in [-0.05, 0) is 25.5 Å². The lowest BCUT2D eigenvalue weighted by atomic mass is 10.1. The molecule has 0 aliphatic heterocycles. The molecule has 0 saturated carbocycles. The highest BCUT2D eigenvalue weighted by atomic mass is 19.1. The Bertz CT molecular complexity index is 854. The van der Waals surface area contributed by atoms with E-state index in [-0.39, 0.29) is 22.3 Å². The summed E-state index contributed by atoms with van der Waals surface area (Å²) in [5, 5.41) is 4.02. The average molecular weight is 335 g/mol. The maximum Gasteiger partial charge on any atom is 0.152 e. The van der Waals surface area contributed by atoms with Crippen LogP contribution in [0.4, 0.5) is 13.2 Å². The molecule has 6 heteroatoms. The van der Waals surface area contributed by atoms with Gasteiger partial charge in [-0.25, -0.2) is 22.7 Å². The second kappa shape index (κ2) is 7.47. The summed E-state index contributed by atoms with van der Waals surface area (Å²) in [5.74, 6) is -1.73. The molecule has 0 amide bonds. The van der Waals surface area contributed by atoms with Gasteiger partial charge in [0, 0.05) is 6.07 Å². The summed E-state index contributed by atoms with van der Waals surface area (Å²) < 4.78 is 43.1. The number of hydrogen-bond donors (Lipinski definition) is 0. The first-order valence-electron chi connectivity index (χ1n) is 7.86. The minimum Gasteiger partial charge on any atom is -0.237 e. The maximum atomic E-state index is 14.2. The third-order valence-electron chi connectivity index (χ3n) is 3.62. The fourth-order valence-corrected chi connectivity index (χ4v) is 2.10. The Kier molecular flexibility index (Phi) is 5.59. The smallest absolute Gasteiger partial charge is 0.152 e. The number of fused-ring (bicyclic) bond motifs is 1. The lowest BCUT2D eigenvalue weighted by Gasteiger charge is -2.07. The van der Waals surface area contributed by atoms with Gasteiger partial charge in [-0.15, -0.1) is 0 Å². The number of aromatic nitrogens is 3. The summed E-state index contributed by atoms with van der Waals surface area (Å²) in [4.78, 5) is 3.88. The van der Waals surface area contributed by atoms with Crippen LogP contribution < -0.4 is 0 Å². The zero-order valence-electron chi connectivity index (χ0n) is 14.2. The molecule has 2 aromatic heterocycles. The van der Waals surface area contributed by atoms with E-state index in [1.54, 1.807) is 6.92 Å². The van der Waals surface area contributed by atoms with Gasteiger partial charge >= 0.3 is 0 Å². The Morgan fingerprint density at radius 2 is 1.67 bits per heavy atom. The molecule has 0 spiro atoms. The van der Waals surface area contributed by atoms with Gasteiger partial charge in [0.05, 0.1) is 17.5 Å². The summed E-state index contributed by atoms with van der Waals surface area (Å²) >= 11 is 0. The molecule has 3 nitrogen and oxygen atoms in total. The highest BCUT2D eigenvalue weighted by molar-refractivity contribution is 5.68. The molecule has 0 atom stereocenters. The Balaban J connectivity index is 0.000000471. The minimum atomic E-state index is -0.760. The molecule has 0 aliphatic carbocycles. The molecular formula is C18H20F3N3. The highest BCUT2D eigenvalue weighted by Gasteiger charge is 2.20. The van der Waals surface area contributed by atoms with Gasteiger partial charge in [-0.2, -0.15) is 5.10 Å². The van der Waals surface area contributed by atoms with Crippen LogP contribution in [0.25, 0.3) is 16.8 Å². The second-order valence-corrected chi connectivity index (χ2v) is 5.53. The summed E-state index contributed by atoms with van der Waals surface area (Å²) in [6.45, 7) is 7.49. The number of unbranched alkanes of at least 4 members (excludes halogenated alkanes) is 1. The zero-order chi connectivity index (χ0) is 17.9. The normalized spacial score (nSPS) is 10.6. The summed E-state index contributed by atoms with van der Waals surface area (Å²) in [6, 6.07) is 3.55. The van der Waals surface area contributed by atoms with Crippen molar-refractivity contribution in [2.75, 3.05) is 0 Å². The molecule has 0 saturated heterocycles.